The van der Waals surface area contributed by atoms with Crippen LogP contribution < -0.4 is 5.32 Å². The highest BCUT2D eigenvalue weighted by molar-refractivity contribution is 7.03. The van der Waals surface area contributed by atoms with Crippen LogP contribution in [0.25, 0.3) is 0 Å². The molecule has 1 aromatic carbocycles. The second-order valence-electron chi connectivity index (χ2n) is 3.46. The van der Waals surface area contributed by atoms with E-state index in [4.69, 9.17) is 0 Å². The van der Waals surface area contributed by atoms with E-state index in [9.17, 15) is 8.78 Å². The molecule has 0 bridgehead atoms. The smallest absolute Gasteiger partial charge is 0.131 e. The molecular weight excluding hydrogens is 244 g/mol. The number of rotatable bonds is 4. The molecule has 2 rings (SSSR count). The lowest BCUT2D eigenvalue weighted by Gasteiger charge is -2.17. The molecule has 1 unspecified atom stereocenters. The molecule has 0 fully saturated rings. The maximum absolute atomic E-state index is 13.7. The van der Waals surface area contributed by atoms with Crippen LogP contribution >= 0.6 is 11.5 Å². The maximum Gasteiger partial charge on any atom is 0.131 e. The Labute approximate surface area is 102 Å². The highest BCUT2D eigenvalue weighted by Gasteiger charge is 2.22. The molecule has 1 heterocycles. The first-order valence-corrected chi connectivity index (χ1v) is 6.02. The molecule has 0 aliphatic carbocycles. The first-order chi connectivity index (χ1) is 8.24. The number of nitrogens with one attached hydrogen (secondary N) is 1. The summed E-state index contributed by atoms with van der Waals surface area (Å²) in [6, 6.07) is 3.22. The predicted octanol–water partition coefficient (Wildman–Crippen LogP) is 2.52. The Kier molecular flexibility index (Phi) is 3.75. The molecule has 2 aromatic rings. The Balaban J connectivity index is 2.46. The Bertz CT molecular complexity index is 467. The molecule has 1 N–H and O–H groups in total. The second kappa shape index (κ2) is 5.29. The van der Waals surface area contributed by atoms with E-state index in [-0.39, 0.29) is 5.56 Å². The number of hydrogen-bond donors (Lipinski definition) is 1. The van der Waals surface area contributed by atoms with Gasteiger partial charge < -0.3 is 5.32 Å². The average molecular weight is 255 g/mol. The number of halogens is 2. The monoisotopic (exact) mass is 255 g/mol. The van der Waals surface area contributed by atoms with Crippen LogP contribution in [-0.2, 0) is 0 Å². The molecule has 1 atom stereocenters. The quantitative estimate of drug-likeness (QED) is 0.912. The number of aromatic nitrogens is 2. The van der Waals surface area contributed by atoms with Crippen LogP contribution in [0.3, 0.4) is 0 Å². The summed E-state index contributed by atoms with van der Waals surface area (Å²) in [7, 11) is 0. The molecule has 90 valence electrons. The van der Waals surface area contributed by atoms with Crippen molar-refractivity contribution >= 4 is 11.5 Å². The van der Waals surface area contributed by atoms with E-state index in [0.29, 0.717) is 12.2 Å². The van der Waals surface area contributed by atoms with Crippen molar-refractivity contribution in [2.45, 2.75) is 13.0 Å². The van der Waals surface area contributed by atoms with Gasteiger partial charge in [0.05, 0.1) is 11.7 Å². The topological polar surface area (TPSA) is 37.8 Å². The standard InChI is InChI=1S/C11H11F2N3S/c1-2-14-11(9-6-17-16-15-9)10-7(12)4-3-5-8(10)13/h3-6,11,14H,2H2,1H3. The fraction of sp³-hybridized carbons (Fsp3) is 0.273. The number of nitrogens with zero attached hydrogens (tertiary/aromatic N) is 2. The maximum atomic E-state index is 13.7. The lowest BCUT2D eigenvalue weighted by atomic mass is 10.0. The van der Waals surface area contributed by atoms with Crippen LogP contribution in [-0.4, -0.2) is 16.1 Å². The zero-order valence-electron chi connectivity index (χ0n) is 9.15. The molecule has 0 aliphatic rings. The van der Waals surface area contributed by atoms with Crippen LogP contribution in [0.1, 0.15) is 24.2 Å². The normalized spacial score (nSPS) is 12.6. The zero-order chi connectivity index (χ0) is 12.3. The molecular formula is C11H11F2N3S. The Morgan fingerprint density at radius 3 is 2.59 bits per heavy atom. The van der Waals surface area contributed by atoms with Gasteiger partial charge in [0.25, 0.3) is 0 Å². The molecule has 0 aliphatic heterocycles. The van der Waals surface area contributed by atoms with Crippen molar-refractivity contribution in [3.05, 3.63) is 46.5 Å². The average Bonchev–Trinajstić information content (AvgIpc) is 2.80. The summed E-state index contributed by atoms with van der Waals surface area (Å²) in [5.74, 6) is -1.16. The molecule has 0 spiro atoms. The molecule has 3 nitrogen and oxygen atoms in total. The molecule has 0 radical (unpaired) electrons. The fourth-order valence-corrected chi connectivity index (χ4v) is 2.12. The molecule has 1 aromatic heterocycles. The SMILES string of the molecule is CCNC(c1csnn1)c1c(F)cccc1F. The van der Waals surface area contributed by atoms with Gasteiger partial charge in [-0.1, -0.05) is 17.5 Å². The first kappa shape index (κ1) is 12.1. The third-order valence-corrected chi connectivity index (χ3v) is 2.89. The van der Waals surface area contributed by atoms with E-state index < -0.39 is 17.7 Å². The minimum atomic E-state index is -0.597. The second-order valence-corrected chi connectivity index (χ2v) is 4.07. The minimum Gasteiger partial charge on any atom is -0.305 e. The van der Waals surface area contributed by atoms with Gasteiger partial charge in [0.1, 0.15) is 11.6 Å². The van der Waals surface area contributed by atoms with Crippen molar-refractivity contribution in [2.75, 3.05) is 6.54 Å². The summed E-state index contributed by atoms with van der Waals surface area (Å²) in [6.45, 7) is 2.45. The lowest BCUT2D eigenvalue weighted by Crippen LogP contribution is -2.24. The van der Waals surface area contributed by atoms with Crippen molar-refractivity contribution in [1.29, 1.82) is 0 Å². The molecule has 0 saturated heterocycles. The first-order valence-electron chi connectivity index (χ1n) is 5.18. The summed E-state index contributed by atoms with van der Waals surface area (Å²) < 4.78 is 31.1. The number of hydrogen-bond acceptors (Lipinski definition) is 4. The summed E-state index contributed by atoms with van der Waals surface area (Å²) in [5.41, 5.74) is 0.517. The fourth-order valence-electron chi connectivity index (χ4n) is 1.64. The summed E-state index contributed by atoms with van der Waals surface area (Å²) in [6.07, 6.45) is 0. The van der Waals surface area contributed by atoms with Gasteiger partial charge >= 0.3 is 0 Å². The third-order valence-electron chi connectivity index (χ3n) is 2.37. The Morgan fingerprint density at radius 2 is 2.06 bits per heavy atom. The minimum absolute atomic E-state index is 0.0120. The van der Waals surface area contributed by atoms with Gasteiger partial charge in [-0.2, -0.15) is 0 Å². The molecule has 0 saturated carbocycles. The summed E-state index contributed by atoms with van der Waals surface area (Å²) in [4.78, 5) is 0. The third kappa shape index (κ3) is 2.48. The van der Waals surface area contributed by atoms with E-state index in [2.05, 4.69) is 14.9 Å². The van der Waals surface area contributed by atoms with Crippen LogP contribution in [0.2, 0.25) is 0 Å². The van der Waals surface area contributed by atoms with Crippen molar-refractivity contribution < 1.29 is 8.78 Å². The highest BCUT2D eigenvalue weighted by atomic mass is 32.1. The highest BCUT2D eigenvalue weighted by Crippen LogP contribution is 2.26. The summed E-state index contributed by atoms with van der Waals surface area (Å²) in [5, 5.41) is 8.55. The van der Waals surface area contributed by atoms with Gasteiger partial charge in [0.15, 0.2) is 0 Å². The van der Waals surface area contributed by atoms with E-state index in [1.807, 2.05) is 6.92 Å². The van der Waals surface area contributed by atoms with E-state index >= 15 is 0 Å². The lowest BCUT2D eigenvalue weighted by molar-refractivity contribution is 0.505. The van der Waals surface area contributed by atoms with Crippen LogP contribution in [0.15, 0.2) is 23.6 Å². The van der Waals surface area contributed by atoms with E-state index in [0.717, 1.165) is 11.5 Å². The van der Waals surface area contributed by atoms with Crippen molar-refractivity contribution in [3.8, 4) is 0 Å². The number of benzene rings is 1. The van der Waals surface area contributed by atoms with Crippen LogP contribution in [0, 0.1) is 11.6 Å². The van der Waals surface area contributed by atoms with Crippen molar-refractivity contribution in [1.82, 2.24) is 14.9 Å². The van der Waals surface area contributed by atoms with Gasteiger partial charge in [-0.15, -0.1) is 5.10 Å². The van der Waals surface area contributed by atoms with E-state index in [1.165, 1.54) is 18.2 Å². The van der Waals surface area contributed by atoms with Gasteiger partial charge in [-0.05, 0) is 30.2 Å². The van der Waals surface area contributed by atoms with Crippen molar-refractivity contribution in [3.63, 3.8) is 0 Å². The molecule has 17 heavy (non-hydrogen) atoms. The van der Waals surface area contributed by atoms with Crippen LogP contribution in [0.4, 0.5) is 8.78 Å². The summed E-state index contributed by atoms with van der Waals surface area (Å²) >= 11 is 1.15. The van der Waals surface area contributed by atoms with Gasteiger partial charge in [-0.3, -0.25) is 0 Å². The van der Waals surface area contributed by atoms with Gasteiger partial charge in [0, 0.05) is 10.9 Å². The Morgan fingerprint density at radius 1 is 1.35 bits per heavy atom. The largest absolute Gasteiger partial charge is 0.305 e. The predicted molar refractivity (Wildman–Crippen MR) is 61.8 cm³/mol. The van der Waals surface area contributed by atoms with Gasteiger partial charge in [0.2, 0.25) is 0 Å². The van der Waals surface area contributed by atoms with Crippen molar-refractivity contribution in [2.24, 2.45) is 0 Å². The molecule has 6 heteroatoms. The molecule has 0 amide bonds. The zero-order valence-corrected chi connectivity index (χ0v) is 9.97. The Hall–Kier alpha value is -1.40. The van der Waals surface area contributed by atoms with E-state index in [1.54, 1.807) is 5.38 Å². The van der Waals surface area contributed by atoms with Crippen LogP contribution in [0.5, 0.6) is 0 Å². The van der Waals surface area contributed by atoms with Gasteiger partial charge in [-0.25, -0.2) is 8.78 Å².